The summed E-state index contributed by atoms with van der Waals surface area (Å²) in [5, 5.41) is 2.90. The van der Waals surface area contributed by atoms with Crippen LogP contribution in [0.5, 0.6) is 0 Å². The highest BCUT2D eigenvalue weighted by molar-refractivity contribution is 6.05. The Hall–Kier alpha value is -2.36. The lowest BCUT2D eigenvalue weighted by molar-refractivity contribution is 0.102. The first kappa shape index (κ1) is 12.1. The van der Waals surface area contributed by atoms with Crippen LogP contribution in [0.1, 0.15) is 21.5 Å². The molecule has 92 valence electrons. The van der Waals surface area contributed by atoms with E-state index in [1.165, 1.54) is 0 Å². The van der Waals surface area contributed by atoms with Gasteiger partial charge in [0.1, 0.15) is 0 Å². The molecule has 1 aromatic carbocycles. The van der Waals surface area contributed by atoms with Gasteiger partial charge < -0.3 is 11.1 Å². The first-order valence-electron chi connectivity index (χ1n) is 5.66. The van der Waals surface area contributed by atoms with Crippen LogP contribution in [0.4, 0.5) is 11.4 Å². The highest BCUT2D eigenvalue weighted by Crippen LogP contribution is 2.23. The van der Waals surface area contributed by atoms with Gasteiger partial charge in [0.05, 0.1) is 0 Å². The lowest BCUT2D eigenvalue weighted by Crippen LogP contribution is -2.14. The Morgan fingerprint density at radius 1 is 1.17 bits per heavy atom. The monoisotopic (exact) mass is 241 g/mol. The Kier molecular flexibility index (Phi) is 3.28. The molecule has 18 heavy (non-hydrogen) atoms. The molecule has 1 heterocycles. The molecule has 0 fully saturated rings. The lowest BCUT2D eigenvalue weighted by Gasteiger charge is -2.12. The van der Waals surface area contributed by atoms with Crippen LogP contribution in [-0.4, -0.2) is 10.9 Å². The summed E-state index contributed by atoms with van der Waals surface area (Å²) in [6, 6.07) is 7.04. The van der Waals surface area contributed by atoms with Gasteiger partial charge in [0.25, 0.3) is 5.91 Å². The number of rotatable bonds is 2. The number of carbonyl (C=O) groups is 1. The average Bonchev–Trinajstić information content (AvgIpc) is 2.34. The van der Waals surface area contributed by atoms with Gasteiger partial charge in [-0.15, -0.1) is 0 Å². The number of anilines is 2. The van der Waals surface area contributed by atoms with Crippen molar-refractivity contribution in [3.63, 3.8) is 0 Å². The van der Waals surface area contributed by atoms with Crippen molar-refractivity contribution in [1.29, 1.82) is 0 Å². The van der Waals surface area contributed by atoms with Crippen molar-refractivity contribution in [1.82, 2.24) is 4.98 Å². The van der Waals surface area contributed by atoms with E-state index in [2.05, 4.69) is 10.3 Å². The van der Waals surface area contributed by atoms with E-state index in [9.17, 15) is 4.79 Å². The van der Waals surface area contributed by atoms with Crippen molar-refractivity contribution in [2.24, 2.45) is 0 Å². The normalized spacial score (nSPS) is 10.1. The summed E-state index contributed by atoms with van der Waals surface area (Å²) >= 11 is 0. The number of carbonyl (C=O) groups excluding carboxylic acids is 1. The molecule has 0 aliphatic heterocycles. The van der Waals surface area contributed by atoms with Gasteiger partial charge in [-0.2, -0.15) is 0 Å². The third kappa shape index (κ3) is 2.48. The van der Waals surface area contributed by atoms with Crippen LogP contribution in [0, 0.1) is 13.8 Å². The smallest absolute Gasteiger partial charge is 0.255 e. The molecule has 3 N–H and O–H groups in total. The molecule has 0 spiro atoms. The van der Waals surface area contributed by atoms with Crippen molar-refractivity contribution < 1.29 is 4.79 Å². The second-order valence-electron chi connectivity index (χ2n) is 4.22. The Labute approximate surface area is 106 Å². The van der Waals surface area contributed by atoms with Crippen molar-refractivity contribution >= 4 is 17.3 Å². The first-order valence-corrected chi connectivity index (χ1v) is 5.66. The van der Waals surface area contributed by atoms with E-state index in [0.717, 1.165) is 16.8 Å². The number of nitrogen functional groups attached to an aromatic ring is 1. The van der Waals surface area contributed by atoms with Gasteiger partial charge in [0.2, 0.25) is 0 Å². The minimum absolute atomic E-state index is 0.145. The predicted molar refractivity (Wildman–Crippen MR) is 72.5 cm³/mol. The third-order valence-electron chi connectivity index (χ3n) is 2.74. The molecule has 1 amide bonds. The number of nitrogens with two attached hydrogens (primary N) is 1. The van der Waals surface area contributed by atoms with Gasteiger partial charge in [-0.05, 0) is 49.2 Å². The maximum absolute atomic E-state index is 12.0. The fraction of sp³-hybridized carbons (Fsp3) is 0.143. The summed E-state index contributed by atoms with van der Waals surface area (Å²) in [6.07, 6.45) is 3.19. The zero-order chi connectivity index (χ0) is 13.1. The number of hydrogen-bond acceptors (Lipinski definition) is 3. The Balaban J connectivity index is 2.28. The summed E-state index contributed by atoms with van der Waals surface area (Å²) < 4.78 is 0. The summed E-state index contributed by atoms with van der Waals surface area (Å²) in [5.41, 5.74) is 9.75. The van der Waals surface area contributed by atoms with Gasteiger partial charge in [-0.25, -0.2) is 0 Å². The molecule has 2 aromatic rings. The van der Waals surface area contributed by atoms with E-state index in [0.29, 0.717) is 11.3 Å². The van der Waals surface area contributed by atoms with Crippen molar-refractivity contribution in [2.45, 2.75) is 13.8 Å². The highest BCUT2D eigenvalue weighted by Gasteiger charge is 2.09. The van der Waals surface area contributed by atoms with E-state index >= 15 is 0 Å². The zero-order valence-corrected chi connectivity index (χ0v) is 10.4. The van der Waals surface area contributed by atoms with E-state index in [1.807, 2.05) is 26.0 Å². The summed E-state index contributed by atoms with van der Waals surface area (Å²) in [4.78, 5) is 15.9. The average molecular weight is 241 g/mol. The van der Waals surface area contributed by atoms with Gasteiger partial charge in [0, 0.05) is 29.3 Å². The molecule has 0 radical (unpaired) electrons. The topological polar surface area (TPSA) is 68.0 Å². The predicted octanol–water partition coefficient (Wildman–Crippen LogP) is 2.53. The maximum atomic E-state index is 12.0. The van der Waals surface area contributed by atoms with Crippen LogP contribution in [0.3, 0.4) is 0 Å². The van der Waals surface area contributed by atoms with Crippen molar-refractivity contribution in [3.05, 3.63) is 53.3 Å². The van der Waals surface area contributed by atoms with E-state index < -0.39 is 0 Å². The van der Waals surface area contributed by atoms with Gasteiger partial charge in [0.15, 0.2) is 0 Å². The van der Waals surface area contributed by atoms with E-state index in [-0.39, 0.29) is 5.91 Å². The number of pyridine rings is 1. The lowest BCUT2D eigenvalue weighted by atomic mass is 10.1. The van der Waals surface area contributed by atoms with Crippen LogP contribution in [-0.2, 0) is 0 Å². The zero-order valence-electron chi connectivity index (χ0n) is 10.4. The molecule has 1 aromatic heterocycles. The largest absolute Gasteiger partial charge is 0.399 e. The molecule has 2 rings (SSSR count). The third-order valence-corrected chi connectivity index (χ3v) is 2.74. The van der Waals surface area contributed by atoms with Crippen LogP contribution >= 0.6 is 0 Å². The minimum Gasteiger partial charge on any atom is -0.399 e. The number of nitrogens with one attached hydrogen (secondary N) is 1. The van der Waals surface area contributed by atoms with Crippen LogP contribution in [0.15, 0.2) is 36.7 Å². The summed E-state index contributed by atoms with van der Waals surface area (Å²) in [5.74, 6) is -0.145. The molecule has 0 aliphatic rings. The van der Waals surface area contributed by atoms with E-state index in [4.69, 9.17) is 5.73 Å². The Morgan fingerprint density at radius 2 is 1.72 bits per heavy atom. The van der Waals surface area contributed by atoms with Crippen molar-refractivity contribution in [2.75, 3.05) is 11.1 Å². The SMILES string of the molecule is Cc1cc(N)cc(C)c1NC(=O)c1ccncc1. The molecule has 4 heteroatoms. The van der Waals surface area contributed by atoms with Gasteiger partial charge in [-0.1, -0.05) is 0 Å². The number of benzene rings is 1. The van der Waals surface area contributed by atoms with E-state index in [1.54, 1.807) is 24.5 Å². The number of nitrogens with zero attached hydrogens (tertiary/aromatic N) is 1. The number of amides is 1. The second kappa shape index (κ2) is 4.87. The molecular weight excluding hydrogens is 226 g/mol. The van der Waals surface area contributed by atoms with Gasteiger partial charge in [-0.3, -0.25) is 9.78 Å². The number of aromatic nitrogens is 1. The molecule has 0 bridgehead atoms. The number of hydrogen-bond donors (Lipinski definition) is 2. The standard InChI is InChI=1S/C14H15N3O/c1-9-7-12(15)8-10(2)13(9)17-14(18)11-3-5-16-6-4-11/h3-8H,15H2,1-2H3,(H,17,18). The van der Waals surface area contributed by atoms with Gasteiger partial charge >= 0.3 is 0 Å². The van der Waals surface area contributed by atoms with Crippen LogP contribution in [0.25, 0.3) is 0 Å². The molecule has 0 saturated heterocycles. The molecule has 0 aliphatic carbocycles. The molecular formula is C14H15N3O. The fourth-order valence-electron chi connectivity index (χ4n) is 1.88. The number of aryl methyl sites for hydroxylation is 2. The Bertz CT molecular complexity index is 556. The minimum atomic E-state index is -0.145. The molecule has 0 unspecified atom stereocenters. The quantitative estimate of drug-likeness (QED) is 0.794. The van der Waals surface area contributed by atoms with Crippen LogP contribution < -0.4 is 11.1 Å². The summed E-state index contributed by atoms with van der Waals surface area (Å²) in [7, 11) is 0. The second-order valence-corrected chi connectivity index (χ2v) is 4.22. The van der Waals surface area contributed by atoms with Crippen LogP contribution in [0.2, 0.25) is 0 Å². The first-order chi connectivity index (χ1) is 8.58. The highest BCUT2D eigenvalue weighted by atomic mass is 16.1. The maximum Gasteiger partial charge on any atom is 0.255 e. The molecule has 0 atom stereocenters. The molecule has 0 saturated carbocycles. The Morgan fingerprint density at radius 3 is 2.28 bits per heavy atom. The fourth-order valence-corrected chi connectivity index (χ4v) is 1.88. The molecule has 4 nitrogen and oxygen atoms in total. The summed E-state index contributed by atoms with van der Waals surface area (Å²) in [6.45, 7) is 3.84. The van der Waals surface area contributed by atoms with Crippen molar-refractivity contribution in [3.8, 4) is 0 Å².